The van der Waals surface area contributed by atoms with Crippen LogP contribution in [0.15, 0.2) is 176 Å². The van der Waals surface area contributed by atoms with Crippen LogP contribution in [-0.4, -0.2) is 12.3 Å². The first kappa shape index (κ1) is 48.6. The lowest BCUT2D eigenvalue weighted by Gasteiger charge is -2.51. The van der Waals surface area contributed by atoms with Crippen LogP contribution < -0.4 is 31.1 Å². The summed E-state index contributed by atoms with van der Waals surface area (Å²) < 4.78 is 0. The number of benzene rings is 8. The van der Waals surface area contributed by atoms with E-state index in [-0.39, 0.29) is 45.2 Å². The van der Waals surface area contributed by atoms with Gasteiger partial charge >= 0.3 is 0 Å². The predicted octanol–water partition coefficient (Wildman–Crippen LogP) is 17.4. The predicted molar refractivity (Wildman–Crippen MR) is 328 cm³/mol. The number of nitrogens with zero attached hydrogens (tertiary/aromatic N) is 3. The molecular weight excluding hydrogens is 930 g/mol. The van der Waals surface area contributed by atoms with Gasteiger partial charge in [-0.1, -0.05) is 196 Å². The average molecular weight is 1010 g/mol. The first-order valence-electron chi connectivity index (χ1n) is 29.2. The molecule has 3 heterocycles. The number of anilines is 8. The fourth-order valence-corrected chi connectivity index (χ4v) is 16.2. The second-order valence-electron chi connectivity index (χ2n) is 27.3. The summed E-state index contributed by atoms with van der Waals surface area (Å²) in [6, 6.07) is 68.9. The highest BCUT2D eigenvalue weighted by Gasteiger charge is 2.58. The van der Waals surface area contributed by atoms with Gasteiger partial charge in [0, 0.05) is 56.8 Å². The van der Waals surface area contributed by atoms with E-state index in [0.717, 1.165) is 12.8 Å². The number of fused-ring (bicyclic) bond motifs is 9. The van der Waals surface area contributed by atoms with Crippen LogP contribution >= 0.6 is 0 Å². The maximum atomic E-state index is 2.85. The minimum absolute atomic E-state index is 0.0347. The molecule has 0 N–H and O–H groups in total. The molecule has 1 fully saturated rings. The van der Waals surface area contributed by atoms with Gasteiger partial charge in [-0.25, -0.2) is 0 Å². The van der Waals surface area contributed by atoms with Crippen molar-refractivity contribution in [2.45, 2.75) is 159 Å². The first-order valence-corrected chi connectivity index (χ1v) is 29.2. The van der Waals surface area contributed by atoms with E-state index in [2.05, 4.69) is 260 Å². The summed E-state index contributed by atoms with van der Waals surface area (Å²) in [6.07, 6.45) is 9.42. The van der Waals surface area contributed by atoms with Crippen molar-refractivity contribution in [3.05, 3.63) is 220 Å². The fourth-order valence-electron chi connectivity index (χ4n) is 16.2. The van der Waals surface area contributed by atoms with E-state index < -0.39 is 0 Å². The molecule has 3 aliphatic carbocycles. The summed E-state index contributed by atoms with van der Waals surface area (Å²) in [6.45, 7) is 25.2. The van der Waals surface area contributed by atoms with Crippen molar-refractivity contribution in [2.24, 2.45) is 0 Å². The smallest absolute Gasteiger partial charge is 0.252 e. The Morgan fingerprint density at radius 3 is 1.52 bits per heavy atom. The Hall–Kier alpha value is -6.78. The van der Waals surface area contributed by atoms with Crippen molar-refractivity contribution in [1.29, 1.82) is 0 Å². The molecule has 386 valence electrons. The molecule has 8 aromatic rings. The molecular formula is C73H76BN3. The van der Waals surface area contributed by atoms with Crippen LogP contribution in [0, 0.1) is 0 Å². The summed E-state index contributed by atoms with van der Waals surface area (Å²) in [5.41, 5.74) is 25.9. The topological polar surface area (TPSA) is 9.72 Å². The van der Waals surface area contributed by atoms with E-state index >= 15 is 0 Å². The molecule has 3 aliphatic heterocycles. The largest absolute Gasteiger partial charge is 0.334 e. The van der Waals surface area contributed by atoms with Crippen molar-refractivity contribution in [2.75, 3.05) is 14.7 Å². The molecule has 2 atom stereocenters. The fraction of sp³-hybridized carbons (Fsp3) is 0.342. The van der Waals surface area contributed by atoms with Gasteiger partial charge in [0.1, 0.15) is 0 Å². The zero-order valence-electron chi connectivity index (χ0n) is 47.4. The summed E-state index contributed by atoms with van der Waals surface area (Å²) in [5.74, 6) is 0.127. The molecule has 2 unspecified atom stereocenters. The van der Waals surface area contributed by atoms with Crippen LogP contribution in [0.5, 0.6) is 0 Å². The highest BCUT2D eigenvalue weighted by molar-refractivity contribution is 7.00. The third-order valence-electron chi connectivity index (χ3n) is 21.0. The van der Waals surface area contributed by atoms with Gasteiger partial charge in [-0.2, -0.15) is 0 Å². The standard InChI is InChI=1S/C73H76BN3/c1-68(2)38-39-69(3,4)55-43-52(33-34-54(55)68)76-63-47-57-56(70(5,6)40-41-71(57,7)8)46-60(63)74-59-30-20-21-31-62(59)75(51-28-18-13-19-29-51)64-44-53(45-65(76)67(64)74)77-61-35-32-50(42-58(61)72(9)36-22-23-37-73(72,77)10)66(48-24-14-11-15-25-48)49-26-16-12-17-27-49/h11-21,24-35,42-47,66H,22-23,36-41H2,1-10H3. The lowest BCUT2D eigenvalue weighted by atomic mass is 9.33. The summed E-state index contributed by atoms with van der Waals surface area (Å²) in [4.78, 5) is 8.23. The molecule has 0 bridgehead atoms. The zero-order valence-corrected chi connectivity index (χ0v) is 47.4. The Morgan fingerprint density at radius 1 is 0.351 bits per heavy atom. The van der Waals surface area contributed by atoms with Gasteiger partial charge in [0.15, 0.2) is 0 Å². The zero-order chi connectivity index (χ0) is 53.0. The Kier molecular flexibility index (Phi) is 10.6. The Morgan fingerprint density at radius 2 is 0.883 bits per heavy atom. The van der Waals surface area contributed by atoms with Crippen LogP contribution in [0.25, 0.3) is 0 Å². The number of hydrogen-bond donors (Lipinski definition) is 0. The molecule has 0 spiro atoms. The highest BCUT2D eigenvalue weighted by atomic mass is 15.3. The molecule has 8 aromatic carbocycles. The van der Waals surface area contributed by atoms with Crippen molar-refractivity contribution in [3.63, 3.8) is 0 Å². The molecule has 0 amide bonds. The van der Waals surface area contributed by atoms with Crippen LogP contribution in [0.1, 0.15) is 171 Å². The van der Waals surface area contributed by atoms with Crippen molar-refractivity contribution >= 4 is 68.6 Å². The van der Waals surface area contributed by atoms with Crippen molar-refractivity contribution in [1.82, 2.24) is 0 Å². The van der Waals surface area contributed by atoms with E-state index in [0.29, 0.717) is 0 Å². The molecule has 3 nitrogen and oxygen atoms in total. The normalized spacial score (nSPS) is 22.5. The SMILES string of the molecule is CC1(C)CCC(C)(C)c2cc(N3c4cc5c(cc4B4c6ccccc6N(c6ccccc6)c6cc(N7c8ccc(C(c9ccccc9)c9ccccc9)cc8C8(C)CCCCC78C)cc3c64)C(C)(C)CCC5(C)C)ccc21. The maximum Gasteiger partial charge on any atom is 0.252 e. The lowest BCUT2D eigenvalue weighted by molar-refractivity contribution is 0.195. The second-order valence-corrected chi connectivity index (χ2v) is 27.3. The maximum absolute atomic E-state index is 2.85. The average Bonchev–Trinajstić information content (AvgIpc) is 3.96. The number of para-hydroxylation sites is 2. The molecule has 0 aromatic heterocycles. The minimum atomic E-state index is -0.181. The van der Waals surface area contributed by atoms with E-state index in [9.17, 15) is 0 Å². The lowest BCUT2D eigenvalue weighted by Crippen LogP contribution is -2.62. The number of hydrogen-bond acceptors (Lipinski definition) is 3. The molecule has 4 heteroatoms. The Labute approximate surface area is 460 Å². The Balaban J connectivity index is 1.07. The van der Waals surface area contributed by atoms with Crippen LogP contribution in [0.4, 0.5) is 45.5 Å². The molecule has 6 aliphatic rings. The monoisotopic (exact) mass is 1010 g/mol. The summed E-state index contributed by atoms with van der Waals surface area (Å²) in [5, 5.41) is 0. The third-order valence-corrected chi connectivity index (χ3v) is 21.0. The number of rotatable bonds is 6. The van der Waals surface area contributed by atoms with Gasteiger partial charge in [0.2, 0.25) is 0 Å². The van der Waals surface area contributed by atoms with Crippen molar-refractivity contribution < 1.29 is 0 Å². The van der Waals surface area contributed by atoms with Crippen molar-refractivity contribution in [3.8, 4) is 0 Å². The first-order chi connectivity index (χ1) is 36.9. The van der Waals surface area contributed by atoms with E-state index in [1.54, 1.807) is 0 Å². The summed E-state index contributed by atoms with van der Waals surface area (Å²) >= 11 is 0. The van der Waals surface area contributed by atoms with Gasteiger partial charge < -0.3 is 14.7 Å². The molecule has 77 heavy (non-hydrogen) atoms. The van der Waals surface area contributed by atoms with Crippen LogP contribution in [0.3, 0.4) is 0 Å². The molecule has 0 saturated heterocycles. The highest BCUT2D eigenvalue weighted by Crippen LogP contribution is 2.63. The Bertz CT molecular complexity index is 3630. The molecule has 1 saturated carbocycles. The second kappa shape index (κ2) is 16.9. The van der Waals surface area contributed by atoms with Gasteiger partial charge in [-0.3, -0.25) is 0 Å². The van der Waals surface area contributed by atoms with Gasteiger partial charge in [-0.15, -0.1) is 0 Å². The third kappa shape index (κ3) is 7.08. The van der Waals surface area contributed by atoms with Gasteiger partial charge in [0.05, 0.1) is 5.54 Å². The van der Waals surface area contributed by atoms with E-state index in [1.807, 2.05) is 0 Å². The van der Waals surface area contributed by atoms with Crippen LogP contribution in [0.2, 0.25) is 0 Å². The van der Waals surface area contributed by atoms with E-state index in [4.69, 9.17) is 0 Å². The van der Waals surface area contributed by atoms with E-state index in [1.165, 1.54) is 145 Å². The van der Waals surface area contributed by atoms with Gasteiger partial charge in [-0.05, 0) is 183 Å². The molecule has 14 rings (SSSR count). The van der Waals surface area contributed by atoms with Gasteiger partial charge in [0.25, 0.3) is 6.71 Å². The summed E-state index contributed by atoms with van der Waals surface area (Å²) in [7, 11) is 0. The quantitative estimate of drug-likeness (QED) is 0.121. The molecule has 0 radical (unpaired) electrons. The van der Waals surface area contributed by atoms with Crippen LogP contribution in [-0.2, 0) is 27.1 Å². The minimum Gasteiger partial charge on any atom is -0.334 e.